The molecule has 20 heavy (non-hydrogen) atoms. The summed E-state index contributed by atoms with van der Waals surface area (Å²) in [7, 11) is 0. The highest BCUT2D eigenvalue weighted by atomic mass is 79.9. The molecule has 3 heteroatoms. The third-order valence-corrected chi connectivity index (χ3v) is 4.78. The van der Waals surface area contributed by atoms with Gasteiger partial charge in [-0.3, -0.25) is 0 Å². The summed E-state index contributed by atoms with van der Waals surface area (Å²) in [5.41, 5.74) is 0. The third-order valence-electron chi connectivity index (χ3n) is 4.22. The van der Waals surface area contributed by atoms with Crippen molar-refractivity contribution in [3.05, 3.63) is 0 Å². The summed E-state index contributed by atoms with van der Waals surface area (Å²) in [6.07, 6.45) is 12.5. The third kappa shape index (κ3) is 11.6. The van der Waals surface area contributed by atoms with Crippen molar-refractivity contribution in [1.82, 2.24) is 0 Å². The zero-order valence-corrected chi connectivity index (χ0v) is 17.3. The molecular formula is C17H37Br2N. The van der Waals surface area contributed by atoms with Crippen LogP contribution in [-0.2, 0) is 0 Å². The Hall–Kier alpha value is 0.920. The SMILES string of the molecule is CCCCCC[N+](CCCC)(CCCC)CCCBr.[Br-]. The number of hydrogen-bond donors (Lipinski definition) is 0. The molecule has 124 valence electrons. The zero-order valence-electron chi connectivity index (χ0n) is 14.1. The van der Waals surface area contributed by atoms with E-state index in [4.69, 9.17) is 0 Å². The van der Waals surface area contributed by atoms with Gasteiger partial charge in [0.15, 0.2) is 0 Å². The van der Waals surface area contributed by atoms with Gasteiger partial charge in [0.05, 0.1) is 26.2 Å². The van der Waals surface area contributed by atoms with E-state index in [1.165, 1.54) is 93.8 Å². The summed E-state index contributed by atoms with van der Waals surface area (Å²) in [6, 6.07) is 0. The normalized spacial score (nSPS) is 11.4. The van der Waals surface area contributed by atoms with Gasteiger partial charge >= 0.3 is 0 Å². The smallest absolute Gasteiger partial charge is 0.0794 e. The van der Waals surface area contributed by atoms with Gasteiger partial charge in [0, 0.05) is 11.8 Å². The van der Waals surface area contributed by atoms with Crippen molar-refractivity contribution >= 4 is 15.9 Å². The highest BCUT2D eigenvalue weighted by Crippen LogP contribution is 2.17. The van der Waals surface area contributed by atoms with Gasteiger partial charge in [0.2, 0.25) is 0 Å². The Balaban J connectivity index is 0. The highest BCUT2D eigenvalue weighted by Gasteiger charge is 2.24. The maximum absolute atomic E-state index is 3.62. The van der Waals surface area contributed by atoms with Crippen molar-refractivity contribution in [3.63, 3.8) is 0 Å². The Morgan fingerprint density at radius 1 is 0.600 bits per heavy atom. The standard InChI is InChI=1S/C17H37BrN.BrH/c1-4-7-10-11-16-19(14-8-5-2,15-9-6-3)17-12-13-18;/h4-17H2,1-3H3;1H/q+1;/p-1. The Morgan fingerprint density at radius 3 is 1.50 bits per heavy atom. The lowest BCUT2D eigenvalue weighted by molar-refractivity contribution is -0.928. The van der Waals surface area contributed by atoms with Crippen LogP contribution >= 0.6 is 15.9 Å². The summed E-state index contributed by atoms with van der Waals surface area (Å²) in [6.45, 7) is 12.6. The van der Waals surface area contributed by atoms with E-state index in [1.54, 1.807) is 0 Å². The highest BCUT2D eigenvalue weighted by molar-refractivity contribution is 9.09. The molecule has 0 fully saturated rings. The summed E-state index contributed by atoms with van der Waals surface area (Å²) in [5.74, 6) is 0. The molecule has 0 unspecified atom stereocenters. The summed E-state index contributed by atoms with van der Waals surface area (Å²) in [4.78, 5) is 0. The van der Waals surface area contributed by atoms with Crippen LogP contribution in [0.1, 0.15) is 78.6 Å². The average Bonchev–Trinajstić information content (AvgIpc) is 2.44. The second-order valence-corrected chi connectivity index (χ2v) is 6.84. The van der Waals surface area contributed by atoms with Crippen molar-refractivity contribution in [2.45, 2.75) is 78.6 Å². The van der Waals surface area contributed by atoms with Crippen LogP contribution < -0.4 is 17.0 Å². The predicted molar refractivity (Wildman–Crippen MR) is 92.1 cm³/mol. The fourth-order valence-corrected chi connectivity index (χ4v) is 3.18. The second-order valence-electron chi connectivity index (χ2n) is 6.05. The number of unbranched alkanes of at least 4 members (excludes halogenated alkanes) is 5. The van der Waals surface area contributed by atoms with E-state index in [-0.39, 0.29) is 17.0 Å². The molecule has 0 saturated carbocycles. The predicted octanol–water partition coefficient (Wildman–Crippen LogP) is 2.77. The first-order valence-corrected chi connectivity index (χ1v) is 9.77. The van der Waals surface area contributed by atoms with Crippen molar-refractivity contribution in [2.24, 2.45) is 0 Å². The Labute approximate surface area is 147 Å². The number of alkyl halides is 1. The maximum Gasteiger partial charge on any atom is 0.0794 e. The molecule has 0 atom stereocenters. The molecule has 0 rings (SSSR count). The van der Waals surface area contributed by atoms with E-state index < -0.39 is 0 Å². The fourth-order valence-electron chi connectivity index (χ4n) is 2.93. The van der Waals surface area contributed by atoms with Crippen LogP contribution in [0.25, 0.3) is 0 Å². The molecule has 0 aliphatic carbocycles. The van der Waals surface area contributed by atoms with Crippen LogP contribution in [0.3, 0.4) is 0 Å². The van der Waals surface area contributed by atoms with Gasteiger partial charge in [-0.1, -0.05) is 62.4 Å². The van der Waals surface area contributed by atoms with Gasteiger partial charge in [-0.15, -0.1) is 0 Å². The van der Waals surface area contributed by atoms with E-state index in [0.29, 0.717) is 0 Å². The molecule has 0 aliphatic rings. The lowest BCUT2D eigenvalue weighted by Gasteiger charge is -2.39. The minimum Gasteiger partial charge on any atom is -1.00 e. The lowest BCUT2D eigenvalue weighted by Crippen LogP contribution is -3.00. The summed E-state index contributed by atoms with van der Waals surface area (Å²) >= 11 is 3.62. The first-order chi connectivity index (χ1) is 9.24. The molecule has 0 aliphatic heterocycles. The number of hydrogen-bond acceptors (Lipinski definition) is 0. The molecule has 0 amide bonds. The molecule has 0 N–H and O–H groups in total. The fraction of sp³-hybridized carbons (Fsp3) is 1.00. The number of nitrogens with zero attached hydrogens (tertiary/aromatic N) is 1. The molecule has 0 spiro atoms. The Kier molecular flexibility index (Phi) is 18.9. The molecule has 0 aromatic carbocycles. The van der Waals surface area contributed by atoms with Crippen molar-refractivity contribution < 1.29 is 21.5 Å². The minimum atomic E-state index is 0. The zero-order chi connectivity index (χ0) is 14.4. The molecular weight excluding hydrogens is 378 g/mol. The van der Waals surface area contributed by atoms with E-state index in [1.807, 2.05) is 0 Å². The summed E-state index contributed by atoms with van der Waals surface area (Å²) in [5, 5.41) is 1.17. The second kappa shape index (κ2) is 16.3. The van der Waals surface area contributed by atoms with Gasteiger partial charge in [-0.05, 0) is 25.7 Å². The molecule has 0 radical (unpaired) electrons. The van der Waals surface area contributed by atoms with Gasteiger partial charge in [0.1, 0.15) is 0 Å². The van der Waals surface area contributed by atoms with Gasteiger partial charge in [0.25, 0.3) is 0 Å². The first-order valence-electron chi connectivity index (χ1n) is 8.65. The summed E-state index contributed by atoms with van der Waals surface area (Å²) < 4.78 is 1.40. The van der Waals surface area contributed by atoms with Crippen LogP contribution in [0.4, 0.5) is 0 Å². The van der Waals surface area contributed by atoms with E-state index in [0.717, 1.165) is 0 Å². The van der Waals surface area contributed by atoms with Gasteiger partial charge < -0.3 is 21.5 Å². The van der Waals surface area contributed by atoms with E-state index >= 15 is 0 Å². The van der Waals surface area contributed by atoms with Crippen molar-refractivity contribution in [1.29, 1.82) is 0 Å². The average molecular weight is 415 g/mol. The Bertz CT molecular complexity index is 164. The number of rotatable bonds is 14. The van der Waals surface area contributed by atoms with Crippen molar-refractivity contribution in [2.75, 3.05) is 31.5 Å². The largest absolute Gasteiger partial charge is 1.00 e. The quantitative estimate of drug-likeness (QED) is 0.233. The van der Waals surface area contributed by atoms with Crippen LogP contribution in [-0.4, -0.2) is 36.0 Å². The molecule has 0 heterocycles. The molecule has 0 bridgehead atoms. The topological polar surface area (TPSA) is 0 Å². The molecule has 0 saturated heterocycles. The monoisotopic (exact) mass is 413 g/mol. The van der Waals surface area contributed by atoms with Crippen LogP contribution in [0, 0.1) is 0 Å². The molecule has 0 aromatic rings. The Morgan fingerprint density at radius 2 is 1.05 bits per heavy atom. The first kappa shape index (κ1) is 23.2. The van der Waals surface area contributed by atoms with E-state index in [2.05, 4.69) is 36.7 Å². The minimum absolute atomic E-state index is 0. The lowest BCUT2D eigenvalue weighted by atomic mass is 10.1. The molecule has 0 aromatic heterocycles. The van der Waals surface area contributed by atoms with Gasteiger partial charge in [-0.2, -0.15) is 0 Å². The maximum atomic E-state index is 3.62. The number of quaternary nitrogens is 1. The van der Waals surface area contributed by atoms with Gasteiger partial charge in [-0.25, -0.2) is 0 Å². The van der Waals surface area contributed by atoms with Crippen molar-refractivity contribution in [3.8, 4) is 0 Å². The van der Waals surface area contributed by atoms with E-state index in [9.17, 15) is 0 Å². The molecule has 1 nitrogen and oxygen atoms in total. The van der Waals surface area contributed by atoms with Crippen LogP contribution in [0.5, 0.6) is 0 Å². The van der Waals surface area contributed by atoms with Crippen LogP contribution in [0.15, 0.2) is 0 Å². The number of halogens is 2. The van der Waals surface area contributed by atoms with Crippen LogP contribution in [0.2, 0.25) is 0 Å².